The molecular formula is C24H26FN3O2. The van der Waals surface area contributed by atoms with Gasteiger partial charge in [-0.3, -0.25) is 4.79 Å². The van der Waals surface area contributed by atoms with E-state index in [1.54, 1.807) is 19.2 Å². The van der Waals surface area contributed by atoms with Crippen molar-refractivity contribution in [2.24, 2.45) is 0 Å². The van der Waals surface area contributed by atoms with Gasteiger partial charge in [-0.05, 0) is 42.0 Å². The summed E-state index contributed by atoms with van der Waals surface area (Å²) in [5, 5.41) is 0. The van der Waals surface area contributed by atoms with Crippen LogP contribution in [0.2, 0.25) is 0 Å². The number of rotatable bonds is 6. The van der Waals surface area contributed by atoms with Crippen LogP contribution in [-0.2, 0) is 4.79 Å². The van der Waals surface area contributed by atoms with Gasteiger partial charge >= 0.3 is 0 Å². The van der Waals surface area contributed by atoms with Crippen LogP contribution in [0.3, 0.4) is 0 Å². The molecular weight excluding hydrogens is 381 g/mol. The summed E-state index contributed by atoms with van der Waals surface area (Å²) in [5.74, 6) is 0.656. The number of ether oxygens (including phenoxy) is 1. The van der Waals surface area contributed by atoms with Crippen molar-refractivity contribution >= 4 is 11.6 Å². The van der Waals surface area contributed by atoms with E-state index < -0.39 is 0 Å². The van der Waals surface area contributed by atoms with Gasteiger partial charge in [-0.25, -0.2) is 4.39 Å². The van der Waals surface area contributed by atoms with Gasteiger partial charge in [0, 0.05) is 38.6 Å². The maximum Gasteiger partial charge on any atom is 0.225 e. The molecule has 2 heterocycles. The SMILES string of the molecule is COc1cccc([C@@H](CC(=O)N2CCN(c3ccccc3F)CC2)n2cccc2)c1. The van der Waals surface area contributed by atoms with Crippen LogP contribution in [0.25, 0.3) is 0 Å². The Morgan fingerprint density at radius 3 is 2.43 bits per heavy atom. The molecule has 1 amide bonds. The third kappa shape index (κ3) is 4.32. The van der Waals surface area contributed by atoms with Gasteiger partial charge in [0.2, 0.25) is 5.91 Å². The molecule has 0 aliphatic carbocycles. The average Bonchev–Trinajstić information content (AvgIpc) is 3.32. The number of hydrogen-bond acceptors (Lipinski definition) is 3. The largest absolute Gasteiger partial charge is 0.497 e. The minimum atomic E-state index is -0.219. The van der Waals surface area contributed by atoms with Gasteiger partial charge in [0.25, 0.3) is 0 Å². The minimum Gasteiger partial charge on any atom is -0.497 e. The molecule has 0 spiro atoms. The third-order valence-electron chi connectivity index (χ3n) is 5.66. The van der Waals surface area contributed by atoms with Gasteiger partial charge in [0.1, 0.15) is 11.6 Å². The first-order valence-electron chi connectivity index (χ1n) is 10.2. The molecule has 6 heteroatoms. The lowest BCUT2D eigenvalue weighted by atomic mass is 10.0. The first-order valence-corrected chi connectivity index (χ1v) is 10.2. The quantitative estimate of drug-likeness (QED) is 0.621. The number of para-hydroxylation sites is 1. The molecule has 0 radical (unpaired) electrons. The number of carbonyl (C=O) groups excluding carboxylic acids is 1. The third-order valence-corrected chi connectivity index (χ3v) is 5.66. The molecule has 0 unspecified atom stereocenters. The van der Waals surface area contributed by atoms with E-state index >= 15 is 0 Å². The Labute approximate surface area is 176 Å². The zero-order valence-corrected chi connectivity index (χ0v) is 17.1. The second-order valence-corrected chi connectivity index (χ2v) is 7.45. The fourth-order valence-electron chi connectivity index (χ4n) is 4.00. The summed E-state index contributed by atoms with van der Waals surface area (Å²) >= 11 is 0. The number of piperazine rings is 1. The van der Waals surface area contributed by atoms with Crippen LogP contribution in [0.4, 0.5) is 10.1 Å². The van der Waals surface area contributed by atoms with Crippen LogP contribution in [0, 0.1) is 5.82 Å². The van der Waals surface area contributed by atoms with Crippen molar-refractivity contribution in [1.82, 2.24) is 9.47 Å². The summed E-state index contributed by atoms with van der Waals surface area (Å²) in [6.07, 6.45) is 4.32. The molecule has 156 valence electrons. The predicted octanol–water partition coefficient (Wildman–Crippen LogP) is 3.96. The number of amides is 1. The number of benzene rings is 2. The molecule has 3 aromatic rings. The first-order chi connectivity index (χ1) is 14.7. The van der Waals surface area contributed by atoms with E-state index in [9.17, 15) is 9.18 Å². The van der Waals surface area contributed by atoms with Crippen molar-refractivity contribution in [3.8, 4) is 5.75 Å². The number of hydrogen-bond donors (Lipinski definition) is 0. The van der Waals surface area contributed by atoms with Gasteiger partial charge in [-0.15, -0.1) is 0 Å². The molecule has 0 bridgehead atoms. The molecule has 4 rings (SSSR count). The van der Waals surface area contributed by atoms with Crippen molar-refractivity contribution in [3.63, 3.8) is 0 Å². The smallest absolute Gasteiger partial charge is 0.225 e. The van der Waals surface area contributed by atoms with Crippen LogP contribution < -0.4 is 9.64 Å². The van der Waals surface area contributed by atoms with Crippen LogP contribution in [0.15, 0.2) is 73.1 Å². The van der Waals surface area contributed by atoms with Crippen LogP contribution in [0.5, 0.6) is 5.75 Å². The molecule has 1 aliphatic rings. The number of nitrogens with zero attached hydrogens (tertiary/aromatic N) is 3. The topological polar surface area (TPSA) is 37.7 Å². The first kappa shape index (κ1) is 20.0. The van der Waals surface area contributed by atoms with E-state index in [4.69, 9.17) is 4.74 Å². The van der Waals surface area contributed by atoms with Crippen LogP contribution in [-0.4, -0.2) is 48.7 Å². The summed E-state index contributed by atoms with van der Waals surface area (Å²) in [4.78, 5) is 17.0. The maximum absolute atomic E-state index is 14.1. The number of carbonyl (C=O) groups is 1. The van der Waals surface area contributed by atoms with Crippen molar-refractivity contribution in [2.75, 3.05) is 38.2 Å². The lowest BCUT2D eigenvalue weighted by Crippen LogP contribution is -2.49. The van der Waals surface area contributed by atoms with Crippen molar-refractivity contribution in [1.29, 1.82) is 0 Å². The number of aromatic nitrogens is 1. The highest BCUT2D eigenvalue weighted by atomic mass is 19.1. The van der Waals surface area contributed by atoms with Gasteiger partial charge in [-0.1, -0.05) is 24.3 Å². The van der Waals surface area contributed by atoms with E-state index in [2.05, 4.69) is 4.57 Å². The highest BCUT2D eigenvalue weighted by Gasteiger charge is 2.26. The molecule has 0 saturated carbocycles. The Morgan fingerprint density at radius 2 is 1.73 bits per heavy atom. The lowest BCUT2D eigenvalue weighted by molar-refractivity contribution is -0.132. The second-order valence-electron chi connectivity index (χ2n) is 7.45. The average molecular weight is 407 g/mol. The van der Waals surface area contributed by atoms with E-state index in [1.165, 1.54) is 6.07 Å². The molecule has 30 heavy (non-hydrogen) atoms. The van der Waals surface area contributed by atoms with Crippen molar-refractivity contribution in [2.45, 2.75) is 12.5 Å². The second kappa shape index (κ2) is 9.03. The molecule has 5 nitrogen and oxygen atoms in total. The Bertz CT molecular complexity index is 982. The zero-order valence-electron chi connectivity index (χ0n) is 17.1. The molecule has 1 aromatic heterocycles. The van der Waals surface area contributed by atoms with Crippen molar-refractivity contribution in [3.05, 3.63) is 84.4 Å². The predicted molar refractivity (Wildman–Crippen MR) is 115 cm³/mol. The fraction of sp³-hybridized carbons (Fsp3) is 0.292. The van der Waals surface area contributed by atoms with Gasteiger partial charge in [-0.2, -0.15) is 0 Å². The van der Waals surface area contributed by atoms with E-state index in [1.807, 2.05) is 64.7 Å². The van der Waals surface area contributed by atoms with E-state index in [0.29, 0.717) is 38.3 Å². The highest BCUT2D eigenvalue weighted by molar-refractivity contribution is 5.77. The number of halogens is 1. The molecule has 1 fully saturated rings. The molecule has 2 aromatic carbocycles. The molecule has 1 saturated heterocycles. The standard InChI is InChI=1S/C24H26FN3O2/c1-30-20-8-6-7-19(17-20)23(26-11-4-5-12-26)18-24(29)28-15-13-27(14-16-28)22-10-3-2-9-21(22)25/h2-12,17,23H,13-16,18H2,1H3/t23-/m1/s1. The zero-order chi connectivity index (χ0) is 20.9. The summed E-state index contributed by atoms with van der Waals surface area (Å²) in [6.45, 7) is 2.42. The Hall–Kier alpha value is -3.28. The fourth-order valence-corrected chi connectivity index (χ4v) is 4.00. The molecule has 1 aliphatic heterocycles. The maximum atomic E-state index is 14.1. The highest BCUT2D eigenvalue weighted by Crippen LogP contribution is 2.27. The Kier molecular flexibility index (Phi) is 6.02. The summed E-state index contributed by atoms with van der Waals surface area (Å²) in [5.41, 5.74) is 1.63. The minimum absolute atomic E-state index is 0.102. The van der Waals surface area contributed by atoms with Crippen LogP contribution >= 0.6 is 0 Å². The normalized spacial score (nSPS) is 15.1. The molecule has 1 atom stereocenters. The van der Waals surface area contributed by atoms with Gasteiger partial charge < -0.3 is 19.1 Å². The van der Waals surface area contributed by atoms with Gasteiger partial charge in [0.05, 0.1) is 25.3 Å². The lowest BCUT2D eigenvalue weighted by Gasteiger charge is -2.37. The summed E-state index contributed by atoms with van der Waals surface area (Å²) < 4.78 is 21.5. The Morgan fingerprint density at radius 1 is 1.00 bits per heavy atom. The summed E-state index contributed by atoms with van der Waals surface area (Å²) in [6, 6.07) is 18.5. The summed E-state index contributed by atoms with van der Waals surface area (Å²) in [7, 11) is 1.64. The molecule has 0 N–H and O–H groups in total. The van der Waals surface area contributed by atoms with E-state index in [-0.39, 0.29) is 17.8 Å². The van der Waals surface area contributed by atoms with E-state index in [0.717, 1.165) is 11.3 Å². The number of methoxy groups -OCH3 is 1. The van der Waals surface area contributed by atoms with Crippen molar-refractivity contribution < 1.29 is 13.9 Å². The van der Waals surface area contributed by atoms with Crippen LogP contribution in [0.1, 0.15) is 18.0 Å². The Balaban J connectivity index is 1.45. The monoisotopic (exact) mass is 407 g/mol. The number of anilines is 1. The van der Waals surface area contributed by atoms with Gasteiger partial charge in [0.15, 0.2) is 0 Å².